The van der Waals surface area contributed by atoms with Crippen LogP contribution in [0.2, 0.25) is 5.02 Å². The minimum Gasteiger partial charge on any atom is -0.419 e. The van der Waals surface area contributed by atoms with Crippen LogP contribution in [-0.2, 0) is 16.6 Å². The molecule has 1 aromatic heterocycles. The zero-order valence-electron chi connectivity index (χ0n) is 13.0. The van der Waals surface area contributed by atoms with Gasteiger partial charge in [0, 0.05) is 10.6 Å². The minimum absolute atomic E-state index is 0.0381. The Balaban J connectivity index is 1.73. The predicted octanol–water partition coefficient (Wildman–Crippen LogP) is 3.32. The van der Waals surface area contributed by atoms with E-state index >= 15 is 0 Å². The van der Waals surface area contributed by atoms with E-state index in [4.69, 9.17) is 16.0 Å². The van der Waals surface area contributed by atoms with E-state index in [0.717, 1.165) is 6.07 Å². The predicted molar refractivity (Wildman–Crippen MR) is 89.9 cm³/mol. The molecule has 0 saturated heterocycles. The quantitative estimate of drug-likeness (QED) is 0.732. The van der Waals surface area contributed by atoms with Gasteiger partial charge >= 0.3 is 0 Å². The highest BCUT2D eigenvalue weighted by Crippen LogP contribution is 2.20. The first-order valence-electron chi connectivity index (χ1n) is 7.19. The van der Waals surface area contributed by atoms with Crippen LogP contribution in [0.15, 0.2) is 51.8 Å². The summed E-state index contributed by atoms with van der Waals surface area (Å²) in [6.45, 7) is 1.31. The zero-order chi connectivity index (χ0) is 18.0. The van der Waals surface area contributed by atoms with Crippen LogP contribution in [0, 0.1) is 12.7 Å². The molecule has 0 bridgehead atoms. The molecule has 3 aromatic rings. The van der Waals surface area contributed by atoms with Gasteiger partial charge in [-0.1, -0.05) is 11.6 Å². The molecule has 1 heterocycles. The number of aryl methyl sites for hydroxylation is 1. The van der Waals surface area contributed by atoms with Gasteiger partial charge in [-0.25, -0.2) is 17.5 Å². The van der Waals surface area contributed by atoms with Crippen LogP contribution in [0.1, 0.15) is 11.5 Å². The zero-order valence-corrected chi connectivity index (χ0v) is 14.6. The fourth-order valence-corrected chi connectivity index (χ4v) is 3.24. The van der Waals surface area contributed by atoms with Crippen LogP contribution < -0.4 is 4.72 Å². The van der Waals surface area contributed by atoms with Gasteiger partial charge in [0.05, 0.1) is 11.4 Å². The molecule has 6 nitrogen and oxygen atoms in total. The Morgan fingerprint density at radius 2 is 1.88 bits per heavy atom. The third-order valence-electron chi connectivity index (χ3n) is 3.41. The number of nitrogens with zero attached hydrogens (tertiary/aromatic N) is 2. The lowest BCUT2D eigenvalue weighted by Crippen LogP contribution is -2.23. The average Bonchev–Trinajstić information content (AvgIpc) is 3.05. The van der Waals surface area contributed by atoms with Gasteiger partial charge in [0.25, 0.3) is 0 Å². The van der Waals surface area contributed by atoms with E-state index in [2.05, 4.69) is 14.9 Å². The molecule has 2 aromatic carbocycles. The highest BCUT2D eigenvalue weighted by atomic mass is 35.5. The van der Waals surface area contributed by atoms with Gasteiger partial charge in [0.15, 0.2) is 0 Å². The van der Waals surface area contributed by atoms with E-state index < -0.39 is 15.8 Å². The van der Waals surface area contributed by atoms with Gasteiger partial charge in [-0.2, -0.15) is 0 Å². The molecular formula is C16H13ClFN3O3S. The molecule has 0 aliphatic heterocycles. The molecule has 0 unspecified atom stereocenters. The second kappa shape index (κ2) is 6.91. The Morgan fingerprint density at radius 3 is 2.56 bits per heavy atom. The molecule has 0 aliphatic rings. The number of rotatable bonds is 5. The number of sulfonamides is 1. The van der Waals surface area contributed by atoms with Crippen LogP contribution in [0.5, 0.6) is 0 Å². The molecule has 0 saturated carbocycles. The summed E-state index contributed by atoms with van der Waals surface area (Å²) in [7, 11) is -3.82. The maximum atomic E-state index is 13.3. The van der Waals surface area contributed by atoms with Gasteiger partial charge in [-0.3, -0.25) is 0 Å². The van der Waals surface area contributed by atoms with E-state index in [1.807, 2.05) is 0 Å². The first-order valence-corrected chi connectivity index (χ1v) is 9.05. The van der Waals surface area contributed by atoms with Crippen molar-refractivity contribution in [3.8, 4) is 11.5 Å². The van der Waals surface area contributed by atoms with E-state index in [0.29, 0.717) is 10.6 Å². The summed E-state index contributed by atoms with van der Waals surface area (Å²) < 4.78 is 45.5. The molecule has 0 atom stereocenters. The molecule has 0 radical (unpaired) electrons. The van der Waals surface area contributed by atoms with E-state index in [-0.39, 0.29) is 28.8 Å². The van der Waals surface area contributed by atoms with Crippen molar-refractivity contribution in [2.45, 2.75) is 18.4 Å². The smallest absolute Gasteiger partial charge is 0.247 e. The van der Waals surface area contributed by atoms with Crippen molar-refractivity contribution in [3.63, 3.8) is 0 Å². The largest absolute Gasteiger partial charge is 0.419 e. The van der Waals surface area contributed by atoms with Crippen LogP contribution in [-0.4, -0.2) is 18.6 Å². The summed E-state index contributed by atoms with van der Waals surface area (Å²) in [5, 5.41) is 8.25. The normalized spacial score (nSPS) is 11.6. The summed E-state index contributed by atoms with van der Waals surface area (Å²) in [5.41, 5.74) is 0.908. The van der Waals surface area contributed by atoms with Crippen LogP contribution in [0.25, 0.3) is 11.5 Å². The number of nitrogens with one attached hydrogen (secondary N) is 1. The van der Waals surface area contributed by atoms with Crippen LogP contribution >= 0.6 is 11.6 Å². The van der Waals surface area contributed by atoms with Crippen molar-refractivity contribution >= 4 is 21.6 Å². The topological polar surface area (TPSA) is 85.1 Å². The summed E-state index contributed by atoms with van der Waals surface area (Å²) in [6, 6.07) is 10.3. The minimum atomic E-state index is -3.82. The van der Waals surface area contributed by atoms with Crippen LogP contribution in [0.3, 0.4) is 0 Å². The summed E-state index contributed by atoms with van der Waals surface area (Å²) >= 11 is 5.82. The second-order valence-electron chi connectivity index (χ2n) is 5.24. The van der Waals surface area contributed by atoms with Gasteiger partial charge in [0.1, 0.15) is 5.82 Å². The Morgan fingerprint density at radius 1 is 1.16 bits per heavy atom. The fraction of sp³-hybridized carbons (Fsp3) is 0.125. The third-order valence-corrected chi connectivity index (χ3v) is 5.06. The monoisotopic (exact) mass is 381 g/mol. The molecular weight excluding hydrogens is 369 g/mol. The van der Waals surface area contributed by atoms with Gasteiger partial charge in [-0.15, -0.1) is 10.2 Å². The van der Waals surface area contributed by atoms with E-state index in [1.165, 1.54) is 19.1 Å². The first kappa shape index (κ1) is 17.5. The second-order valence-corrected chi connectivity index (χ2v) is 7.45. The van der Waals surface area contributed by atoms with Crippen molar-refractivity contribution in [3.05, 3.63) is 64.8 Å². The molecule has 0 aliphatic carbocycles. The maximum Gasteiger partial charge on any atom is 0.247 e. The van der Waals surface area contributed by atoms with E-state index in [9.17, 15) is 12.8 Å². The summed E-state index contributed by atoms with van der Waals surface area (Å²) in [5.74, 6) is -0.112. The fourth-order valence-electron chi connectivity index (χ4n) is 2.06. The highest BCUT2D eigenvalue weighted by molar-refractivity contribution is 7.89. The third kappa shape index (κ3) is 4.04. The summed E-state index contributed by atoms with van der Waals surface area (Å²) in [6.07, 6.45) is 0. The molecule has 0 spiro atoms. The molecule has 25 heavy (non-hydrogen) atoms. The Hall–Kier alpha value is -2.29. The molecule has 130 valence electrons. The standard InChI is InChI=1S/C16H13ClFN3O3S/c1-10-8-13(6-7-14(10)18)25(22,23)19-9-15-20-21-16(24-15)11-2-4-12(17)5-3-11/h2-8,19H,9H2,1H3. The van der Waals surface area contributed by atoms with Gasteiger partial charge < -0.3 is 4.42 Å². The number of hydrogen-bond donors (Lipinski definition) is 1. The first-order chi connectivity index (χ1) is 11.8. The lowest BCUT2D eigenvalue weighted by atomic mass is 10.2. The van der Waals surface area contributed by atoms with Gasteiger partial charge in [-0.05, 0) is 55.0 Å². The lowest BCUT2D eigenvalue weighted by Gasteiger charge is -2.06. The molecule has 0 fully saturated rings. The van der Waals surface area contributed by atoms with Crippen LogP contribution in [0.4, 0.5) is 4.39 Å². The Kier molecular flexibility index (Phi) is 4.85. The van der Waals surface area contributed by atoms with Crippen molar-refractivity contribution in [2.24, 2.45) is 0 Å². The summed E-state index contributed by atoms with van der Waals surface area (Å²) in [4.78, 5) is -0.0381. The van der Waals surface area contributed by atoms with Crippen molar-refractivity contribution in [2.75, 3.05) is 0 Å². The maximum absolute atomic E-state index is 13.3. The Labute approximate surface area is 148 Å². The molecule has 3 rings (SSSR count). The van der Waals surface area contributed by atoms with E-state index in [1.54, 1.807) is 24.3 Å². The molecule has 1 N–H and O–H groups in total. The number of halogens is 2. The molecule has 0 amide bonds. The van der Waals surface area contributed by atoms with Crippen molar-refractivity contribution in [1.29, 1.82) is 0 Å². The average molecular weight is 382 g/mol. The lowest BCUT2D eigenvalue weighted by molar-refractivity contribution is 0.494. The molecule has 9 heteroatoms. The number of aromatic nitrogens is 2. The highest BCUT2D eigenvalue weighted by Gasteiger charge is 2.17. The van der Waals surface area contributed by atoms with Crippen molar-refractivity contribution in [1.82, 2.24) is 14.9 Å². The SMILES string of the molecule is Cc1cc(S(=O)(=O)NCc2nnc(-c3ccc(Cl)cc3)o2)ccc1F. The van der Waals surface area contributed by atoms with Crippen molar-refractivity contribution < 1.29 is 17.2 Å². The van der Waals surface area contributed by atoms with Gasteiger partial charge in [0.2, 0.25) is 21.8 Å². The Bertz CT molecular complexity index is 1000. The number of hydrogen-bond acceptors (Lipinski definition) is 5. The number of benzene rings is 2.